The Morgan fingerprint density at radius 3 is 2.89 bits per heavy atom. The van der Waals surface area contributed by atoms with E-state index >= 15 is 0 Å². The molecule has 0 aliphatic carbocycles. The van der Waals surface area contributed by atoms with Gasteiger partial charge in [0.05, 0.1) is 0 Å². The molecule has 1 heterocycles. The molecule has 0 aliphatic rings. The van der Waals surface area contributed by atoms with Gasteiger partial charge in [-0.3, -0.25) is 4.68 Å². The minimum absolute atomic E-state index is 0.576. The molecule has 5 heteroatoms. The van der Waals surface area contributed by atoms with Crippen molar-refractivity contribution in [2.75, 3.05) is 19.3 Å². The molecule has 0 spiro atoms. The number of anilines is 1. The summed E-state index contributed by atoms with van der Waals surface area (Å²) in [7, 11) is 2.11. The number of hydrogen-bond acceptors (Lipinski definition) is 3. The molecule has 102 valence electrons. The SMILES string of the molecule is CN(CCCn1ccc(N)n1)Cc1cccc(Cl)c1. The first-order valence-electron chi connectivity index (χ1n) is 6.35. The van der Waals surface area contributed by atoms with Gasteiger partial charge in [-0.25, -0.2) is 0 Å². The molecule has 0 radical (unpaired) electrons. The second-order valence-corrected chi connectivity index (χ2v) is 5.16. The Balaban J connectivity index is 1.74. The largest absolute Gasteiger partial charge is 0.382 e. The van der Waals surface area contributed by atoms with Crippen LogP contribution in [0.1, 0.15) is 12.0 Å². The second kappa shape index (κ2) is 6.59. The third-order valence-electron chi connectivity index (χ3n) is 2.93. The van der Waals surface area contributed by atoms with Crippen molar-refractivity contribution in [3.8, 4) is 0 Å². The van der Waals surface area contributed by atoms with Crippen molar-refractivity contribution >= 4 is 17.4 Å². The Kier molecular flexibility index (Phi) is 4.82. The fraction of sp³-hybridized carbons (Fsp3) is 0.357. The Morgan fingerprint density at radius 2 is 2.21 bits per heavy atom. The number of halogens is 1. The predicted octanol–water partition coefficient (Wildman–Crippen LogP) is 2.64. The number of nitrogens with two attached hydrogens (primary N) is 1. The van der Waals surface area contributed by atoms with Crippen LogP contribution in [0.4, 0.5) is 5.82 Å². The van der Waals surface area contributed by atoms with Crippen molar-refractivity contribution in [1.29, 1.82) is 0 Å². The van der Waals surface area contributed by atoms with Crippen molar-refractivity contribution in [3.05, 3.63) is 47.1 Å². The minimum atomic E-state index is 0.576. The van der Waals surface area contributed by atoms with Gasteiger partial charge in [-0.2, -0.15) is 5.10 Å². The summed E-state index contributed by atoms with van der Waals surface area (Å²) < 4.78 is 1.88. The van der Waals surface area contributed by atoms with Crippen LogP contribution < -0.4 is 5.73 Å². The number of hydrogen-bond donors (Lipinski definition) is 1. The van der Waals surface area contributed by atoms with Crippen LogP contribution in [0.3, 0.4) is 0 Å². The first-order valence-corrected chi connectivity index (χ1v) is 6.73. The third kappa shape index (κ3) is 4.58. The van der Waals surface area contributed by atoms with Crippen LogP contribution in [-0.4, -0.2) is 28.3 Å². The summed E-state index contributed by atoms with van der Waals surface area (Å²) in [6, 6.07) is 9.80. The average Bonchev–Trinajstić information content (AvgIpc) is 2.75. The molecule has 1 aromatic heterocycles. The molecule has 0 fully saturated rings. The van der Waals surface area contributed by atoms with E-state index in [0.717, 1.165) is 31.1 Å². The van der Waals surface area contributed by atoms with Crippen LogP contribution in [0.2, 0.25) is 5.02 Å². The molecule has 2 N–H and O–H groups in total. The Hall–Kier alpha value is -1.52. The summed E-state index contributed by atoms with van der Waals surface area (Å²) in [5, 5.41) is 4.95. The van der Waals surface area contributed by atoms with E-state index in [1.54, 1.807) is 0 Å². The monoisotopic (exact) mass is 278 g/mol. The number of nitrogens with zero attached hydrogens (tertiary/aromatic N) is 3. The summed E-state index contributed by atoms with van der Waals surface area (Å²) in [5.41, 5.74) is 6.81. The topological polar surface area (TPSA) is 47.1 Å². The van der Waals surface area contributed by atoms with Gasteiger partial charge in [0.25, 0.3) is 0 Å². The first kappa shape index (κ1) is 13.9. The summed E-state index contributed by atoms with van der Waals surface area (Å²) in [4.78, 5) is 2.28. The lowest BCUT2D eigenvalue weighted by Gasteiger charge is -2.16. The highest BCUT2D eigenvalue weighted by atomic mass is 35.5. The van der Waals surface area contributed by atoms with E-state index in [9.17, 15) is 0 Å². The summed E-state index contributed by atoms with van der Waals surface area (Å²) in [6.07, 6.45) is 2.95. The molecular weight excluding hydrogens is 260 g/mol. The van der Waals surface area contributed by atoms with Crippen molar-refractivity contribution in [2.45, 2.75) is 19.5 Å². The first-order chi connectivity index (χ1) is 9.13. The van der Waals surface area contributed by atoms with Crippen LogP contribution >= 0.6 is 11.6 Å². The van der Waals surface area contributed by atoms with Gasteiger partial charge in [0.1, 0.15) is 5.82 Å². The van der Waals surface area contributed by atoms with E-state index < -0.39 is 0 Å². The molecule has 1 aromatic carbocycles. The lowest BCUT2D eigenvalue weighted by Crippen LogP contribution is -2.20. The van der Waals surface area contributed by atoms with Gasteiger partial charge < -0.3 is 10.6 Å². The molecule has 2 aromatic rings. The van der Waals surface area contributed by atoms with Crippen LogP contribution in [0.5, 0.6) is 0 Å². The van der Waals surface area contributed by atoms with Crippen LogP contribution in [0, 0.1) is 0 Å². The number of aryl methyl sites for hydroxylation is 1. The Bertz CT molecular complexity index is 524. The van der Waals surface area contributed by atoms with E-state index in [1.165, 1.54) is 5.56 Å². The van der Waals surface area contributed by atoms with Gasteiger partial charge in [0.2, 0.25) is 0 Å². The van der Waals surface area contributed by atoms with Gasteiger partial charge in [-0.15, -0.1) is 0 Å². The summed E-state index contributed by atoms with van der Waals surface area (Å²) in [5.74, 6) is 0.576. The van der Waals surface area contributed by atoms with Crippen LogP contribution in [0.25, 0.3) is 0 Å². The standard InChI is InChI=1S/C14H19ClN4/c1-18(11-12-4-2-5-13(15)10-12)7-3-8-19-9-6-14(16)17-19/h2,4-6,9-10H,3,7-8,11H2,1H3,(H2,16,17). The fourth-order valence-corrected chi connectivity index (χ4v) is 2.24. The third-order valence-corrected chi connectivity index (χ3v) is 3.16. The van der Waals surface area contributed by atoms with Gasteiger partial charge in [-0.05, 0) is 43.8 Å². The number of nitrogen functional groups attached to an aromatic ring is 1. The normalized spacial score (nSPS) is 11.1. The van der Waals surface area contributed by atoms with Crippen molar-refractivity contribution in [2.24, 2.45) is 0 Å². The maximum atomic E-state index is 5.97. The number of rotatable bonds is 6. The average molecular weight is 279 g/mol. The molecule has 0 bridgehead atoms. The van der Waals surface area contributed by atoms with Crippen LogP contribution in [-0.2, 0) is 13.1 Å². The highest BCUT2D eigenvalue weighted by Gasteiger charge is 2.02. The molecule has 2 rings (SSSR count). The molecule has 4 nitrogen and oxygen atoms in total. The molecule has 0 saturated carbocycles. The lowest BCUT2D eigenvalue weighted by molar-refractivity contribution is 0.311. The highest BCUT2D eigenvalue weighted by Crippen LogP contribution is 2.12. The summed E-state index contributed by atoms with van der Waals surface area (Å²) in [6.45, 7) is 2.80. The Labute approximate surface area is 118 Å². The van der Waals surface area contributed by atoms with E-state index in [-0.39, 0.29) is 0 Å². The van der Waals surface area contributed by atoms with Crippen molar-refractivity contribution in [3.63, 3.8) is 0 Å². The molecule has 0 saturated heterocycles. The van der Waals surface area contributed by atoms with E-state index in [1.807, 2.05) is 35.1 Å². The zero-order valence-corrected chi connectivity index (χ0v) is 11.8. The number of aromatic nitrogens is 2. The van der Waals surface area contributed by atoms with Gasteiger partial charge in [0, 0.05) is 24.3 Å². The number of benzene rings is 1. The molecule has 0 atom stereocenters. The molecule has 0 unspecified atom stereocenters. The van der Waals surface area contributed by atoms with Gasteiger partial charge >= 0.3 is 0 Å². The quantitative estimate of drug-likeness (QED) is 0.884. The maximum Gasteiger partial charge on any atom is 0.145 e. The molecule has 19 heavy (non-hydrogen) atoms. The second-order valence-electron chi connectivity index (χ2n) is 4.72. The molecule has 0 aliphatic heterocycles. The zero-order valence-electron chi connectivity index (χ0n) is 11.1. The van der Waals surface area contributed by atoms with Crippen molar-refractivity contribution < 1.29 is 0 Å². The lowest BCUT2D eigenvalue weighted by atomic mass is 10.2. The van der Waals surface area contributed by atoms with E-state index in [0.29, 0.717) is 5.82 Å². The van der Waals surface area contributed by atoms with E-state index in [4.69, 9.17) is 17.3 Å². The van der Waals surface area contributed by atoms with Gasteiger partial charge in [0.15, 0.2) is 0 Å². The highest BCUT2D eigenvalue weighted by molar-refractivity contribution is 6.30. The predicted molar refractivity (Wildman–Crippen MR) is 79.0 cm³/mol. The smallest absolute Gasteiger partial charge is 0.145 e. The molecule has 0 amide bonds. The maximum absolute atomic E-state index is 5.97. The zero-order chi connectivity index (χ0) is 13.7. The minimum Gasteiger partial charge on any atom is -0.382 e. The van der Waals surface area contributed by atoms with E-state index in [2.05, 4.69) is 23.1 Å². The molecular formula is C14H19ClN4. The van der Waals surface area contributed by atoms with Crippen molar-refractivity contribution in [1.82, 2.24) is 14.7 Å². The fourth-order valence-electron chi connectivity index (χ4n) is 2.03. The summed E-state index contributed by atoms with van der Waals surface area (Å²) >= 11 is 5.97. The van der Waals surface area contributed by atoms with Crippen LogP contribution in [0.15, 0.2) is 36.5 Å². The Morgan fingerprint density at radius 1 is 1.37 bits per heavy atom. The van der Waals surface area contributed by atoms with Gasteiger partial charge in [-0.1, -0.05) is 23.7 Å².